The summed E-state index contributed by atoms with van der Waals surface area (Å²) in [6.07, 6.45) is 3.18. The second-order valence-corrected chi connectivity index (χ2v) is 5.69. The molecule has 15 heavy (non-hydrogen) atoms. The lowest BCUT2D eigenvalue weighted by Gasteiger charge is -2.40. The average Bonchev–Trinajstić information content (AvgIpc) is 2.58. The standard InChI is InChI=1S/C11H14ClNOS/c1-8-3-4-9(15-8)10(14)13-11(7-12)5-2-6-11/h3-4H,2,5-7H2,1H3,(H,13,14). The number of amides is 1. The zero-order chi connectivity index (χ0) is 10.9. The summed E-state index contributed by atoms with van der Waals surface area (Å²) >= 11 is 7.41. The molecule has 0 bridgehead atoms. The van der Waals surface area contributed by atoms with Crippen molar-refractivity contribution >= 4 is 28.8 Å². The molecule has 82 valence electrons. The van der Waals surface area contributed by atoms with Crippen LogP contribution >= 0.6 is 22.9 Å². The first-order valence-corrected chi connectivity index (χ1v) is 6.45. The number of hydrogen-bond acceptors (Lipinski definition) is 2. The third-order valence-electron chi connectivity index (χ3n) is 2.91. The van der Waals surface area contributed by atoms with Gasteiger partial charge in [-0.3, -0.25) is 4.79 Å². The van der Waals surface area contributed by atoms with Gasteiger partial charge in [-0.15, -0.1) is 22.9 Å². The molecule has 1 aliphatic carbocycles. The first kappa shape index (κ1) is 11.0. The molecule has 1 amide bonds. The molecule has 0 spiro atoms. The fraction of sp³-hybridized carbons (Fsp3) is 0.545. The molecule has 2 nitrogen and oxygen atoms in total. The Morgan fingerprint density at radius 2 is 2.33 bits per heavy atom. The summed E-state index contributed by atoms with van der Waals surface area (Å²) in [5, 5.41) is 3.05. The molecule has 1 fully saturated rings. The molecule has 0 atom stereocenters. The van der Waals surface area contributed by atoms with Crippen LogP contribution in [0.5, 0.6) is 0 Å². The first-order chi connectivity index (χ1) is 7.15. The van der Waals surface area contributed by atoms with Gasteiger partial charge < -0.3 is 5.32 Å². The Bertz CT molecular complexity index is 365. The van der Waals surface area contributed by atoms with E-state index < -0.39 is 0 Å². The van der Waals surface area contributed by atoms with Crippen LogP contribution in [0, 0.1) is 6.92 Å². The molecule has 2 rings (SSSR count). The van der Waals surface area contributed by atoms with Crippen molar-refractivity contribution in [2.75, 3.05) is 5.88 Å². The first-order valence-electron chi connectivity index (χ1n) is 5.10. The summed E-state index contributed by atoms with van der Waals surface area (Å²) in [4.78, 5) is 13.8. The lowest BCUT2D eigenvalue weighted by Crippen LogP contribution is -2.54. The molecule has 0 aromatic carbocycles. The number of carbonyl (C=O) groups is 1. The van der Waals surface area contributed by atoms with E-state index in [4.69, 9.17) is 11.6 Å². The Balaban J connectivity index is 2.03. The Morgan fingerprint density at radius 3 is 2.73 bits per heavy atom. The molecule has 0 aliphatic heterocycles. The molecular formula is C11H14ClNOS. The molecule has 0 unspecified atom stereocenters. The van der Waals surface area contributed by atoms with Gasteiger partial charge in [-0.05, 0) is 38.3 Å². The summed E-state index contributed by atoms with van der Waals surface area (Å²) < 4.78 is 0. The number of carbonyl (C=O) groups excluding carboxylic acids is 1. The maximum Gasteiger partial charge on any atom is 0.261 e. The van der Waals surface area contributed by atoms with E-state index in [0.29, 0.717) is 5.88 Å². The van der Waals surface area contributed by atoms with Crippen LogP contribution in [0.15, 0.2) is 12.1 Å². The SMILES string of the molecule is Cc1ccc(C(=O)NC2(CCl)CCC2)s1. The highest BCUT2D eigenvalue weighted by molar-refractivity contribution is 7.13. The molecule has 1 N–H and O–H groups in total. The van der Waals surface area contributed by atoms with Crippen molar-refractivity contribution in [3.05, 3.63) is 21.9 Å². The Labute approximate surface area is 98.6 Å². The minimum atomic E-state index is -0.128. The topological polar surface area (TPSA) is 29.1 Å². The number of halogens is 1. The summed E-state index contributed by atoms with van der Waals surface area (Å²) in [6, 6.07) is 3.84. The van der Waals surface area contributed by atoms with Crippen molar-refractivity contribution in [2.45, 2.75) is 31.7 Å². The van der Waals surface area contributed by atoms with Crippen molar-refractivity contribution < 1.29 is 4.79 Å². The van der Waals surface area contributed by atoms with Crippen LogP contribution in [0.25, 0.3) is 0 Å². The zero-order valence-corrected chi connectivity index (χ0v) is 10.3. The summed E-state index contributed by atoms with van der Waals surface area (Å²) in [7, 11) is 0. The molecule has 1 aromatic heterocycles. The van der Waals surface area contributed by atoms with Gasteiger partial charge in [0.2, 0.25) is 0 Å². The molecule has 1 heterocycles. The van der Waals surface area contributed by atoms with Crippen molar-refractivity contribution in [1.82, 2.24) is 5.32 Å². The van der Waals surface area contributed by atoms with Gasteiger partial charge in [-0.2, -0.15) is 0 Å². The highest BCUT2D eigenvalue weighted by Crippen LogP contribution is 2.33. The summed E-state index contributed by atoms with van der Waals surface area (Å²) in [5.74, 6) is 0.539. The third-order valence-corrected chi connectivity index (χ3v) is 4.42. The number of hydrogen-bond donors (Lipinski definition) is 1. The smallest absolute Gasteiger partial charge is 0.261 e. The normalized spacial score (nSPS) is 18.3. The number of nitrogens with one attached hydrogen (secondary N) is 1. The predicted molar refractivity (Wildman–Crippen MR) is 63.8 cm³/mol. The van der Waals surface area contributed by atoms with Crippen LogP contribution in [0.2, 0.25) is 0 Å². The van der Waals surface area contributed by atoms with Crippen LogP contribution in [-0.2, 0) is 0 Å². The minimum Gasteiger partial charge on any atom is -0.345 e. The van der Waals surface area contributed by atoms with Crippen LogP contribution in [-0.4, -0.2) is 17.3 Å². The van der Waals surface area contributed by atoms with Gasteiger partial charge in [-0.25, -0.2) is 0 Å². The number of alkyl halides is 1. The van der Waals surface area contributed by atoms with E-state index in [-0.39, 0.29) is 11.4 Å². The van der Waals surface area contributed by atoms with Gasteiger partial charge in [-0.1, -0.05) is 0 Å². The molecule has 4 heteroatoms. The van der Waals surface area contributed by atoms with E-state index in [1.165, 1.54) is 11.3 Å². The molecular weight excluding hydrogens is 230 g/mol. The third kappa shape index (κ3) is 2.18. The van der Waals surface area contributed by atoms with E-state index in [1.807, 2.05) is 19.1 Å². The quantitative estimate of drug-likeness (QED) is 0.813. The lowest BCUT2D eigenvalue weighted by molar-refractivity contribution is 0.0858. The molecule has 0 radical (unpaired) electrons. The van der Waals surface area contributed by atoms with E-state index in [0.717, 1.165) is 29.0 Å². The van der Waals surface area contributed by atoms with E-state index in [2.05, 4.69) is 5.32 Å². The second kappa shape index (κ2) is 4.14. The Kier molecular flexibility index (Phi) is 3.03. The van der Waals surface area contributed by atoms with Crippen LogP contribution < -0.4 is 5.32 Å². The number of aryl methyl sites for hydroxylation is 1. The van der Waals surface area contributed by atoms with Crippen molar-refractivity contribution in [3.8, 4) is 0 Å². The van der Waals surface area contributed by atoms with Gasteiger partial charge in [0.25, 0.3) is 5.91 Å². The Hall–Kier alpha value is -0.540. The minimum absolute atomic E-state index is 0.0217. The summed E-state index contributed by atoms with van der Waals surface area (Å²) in [6.45, 7) is 2.00. The van der Waals surface area contributed by atoms with Crippen LogP contribution in [0.3, 0.4) is 0 Å². The maximum absolute atomic E-state index is 11.9. The van der Waals surface area contributed by atoms with E-state index in [1.54, 1.807) is 0 Å². The molecule has 1 aromatic rings. The van der Waals surface area contributed by atoms with Gasteiger partial charge in [0.05, 0.1) is 10.4 Å². The van der Waals surface area contributed by atoms with Crippen LogP contribution in [0.1, 0.15) is 33.8 Å². The lowest BCUT2D eigenvalue weighted by atomic mass is 9.78. The van der Waals surface area contributed by atoms with Crippen molar-refractivity contribution in [2.24, 2.45) is 0 Å². The monoisotopic (exact) mass is 243 g/mol. The molecule has 1 saturated carbocycles. The highest BCUT2D eigenvalue weighted by Gasteiger charge is 2.37. The van der Waals surface area contributed by atoms with Gasteiger partial charge in [0.15, 0.2) is 0 Å². The van der Waals surface area contributed by atoms with Crippen molar-refractivity contribution in [1.29, 1.82) is 0 Å². The average molecular weight is 244 g/mol. The predicted octanol–water partition coefficient (Wildman–Crippen LogP) is 2.95. The fourth-order valence-corrected chi connectivity index (χ4v) is 2.85. The van der Waals surface area contributed by atoms with Gasteiger partial charge in [0.1, 0.15) is 0 Å². The van der Waals surface area contributed by atoms with Crippen LogP contribution in [0.4, 0.5) is 0 Å². The number of rotatable bonds is 3. The van der Waals surface area contributed by atoms with Crippen molar-refractivity contribution in [3.63, 3.8) is 0 Å². The maximum atomic E-state index is 11.9. The summed E-state index contributed by atoms with van der Waals surface area (Å²) in [5.41, 5.74) is -0.128. The Morgan fingerprint density at radius 1 is 1.60 bits per heavy atom. The molecule has 0 saturated heterocycles. The van der Waals surface area contributed by atoms with Gasteiger partial charge >= 0.3 is 0 Å². The number of thiophene rings is 1. The van der Waals surface area contributed by atoms with E-state index in [9.17, 15) is 4.79 Å². The largest absolute Gasteiger partial charge is 0.345 e. The van der Waals surface area contributed by atoms with Gasteiger partial charge in [0, 0.05) is 10.8 Å². The fourth-order valence-electron chi connectivity index (χ4n) is 1.75. The zero-order valence-electron chi connectivity index (χ0n) is 8.68. The second-order valence-electron chi connectivity index (χ2n) is 4.13. The van der Waals surface area contributed by atoms with E-state index >= 15 is 0 Å². The highest BCUT2D eigenvalue weighted by atomic mass is 35.5. The molecule has 1 aliphatic rings.